The third-order valence-corrected chi connectivity index (χ3v) is 3.31. The summed E-state index contributed by atoms with van der Waals surface area (Å²) in [6, 6.07) is -0.0378. The maximum Gasteiger partial charge on any atom is 0.322 e. The molecule has 1 spiro atoms. The van der Waals surface area contributed by atoms with Crippen molar-refractivity contribution in [2.24, 2.45) is 0 Å². The number of amides is 3. The third kappa shape index (κ3) is 1.32. The van der Waals surface area contributed by atoms with E-state index in [4.69, 9.17) is 4.74 Å². The minimum Gasteiger partial charge on any atom is -0.378 e. The molecular formula is C9H13N3O3. The zero-order valence-corrected chi connectivity index (χ0v) is 8.21. The average molecular weight is 211 g/mol. The van der Waals surface area contributed by atoms with Gasteiger partial charge < -0.3 is 15.4 Å². The first kappa shape index (κ1) is 9.11. The molecular weight excluding hydrogens is 198 g/mol. The van der Waals surface area contributed by atoms with Gasteiger partial charge in [0.2, 0.25) is 0 Å². The number of fused-ring (bicyclic) bond motifs is 2. The Labute approximate surface area is 86.7 Å². The van der Waals surface area contributed by atoms with Gasteiger partial charge in [-0.3, -0.25) is 10.1 Å². The fourth-order valence-electron chi connectivity index (χ4n) is 2.76. The summed E-state index contributed by atoms with van der Waals surface area (Å²) in [6.45, 7) is 1.23. The van der Waals surface area contributed by atoms with Gasteiger partial charge in [0.15, 0.2) is 0 Å². The van der Waals surface area contributed by atoms with Crippen LogP contribution in [0.5, 0.6) is 0 Å². The molecule has 3 aliphatic rings. The van der Waals surface area contributed by atoms with Crippen molar-refractivity contribution in [3.05, 3.63) is 0 Å². The molecule has 0 aromatic heterocycles. The van der Waals surface area contributed by atoms with Crippen LogP contribution in [0.4, 0.5) is 4.79 Å². The van der Waals surface area contributed by atoms with Crippen LogP contribution in [-0.4, -0.2) is 42.8 Å². The van der Waals surface area contributed by atoms with Gasteiger partial charge in [0.25, 0.3) is 5.91 Å². The molecule has 0 aromatic rings. The van der Waals surface area contributed by atoms with Crippen LogP contribution in [-0.2, 0) is 9.53 Å². The summed E-state index contributed by atoms with van der Waals surface area (Å²) in [6.07, 6.45) is 1.22. The molecule has 0 aromatic carbocycles. The topological polar surface area (TPSA) is 79.5 Å². The Morgan fingerprint density at radius 1 is 1.20 bits per heavy atom. The van der Waals surface area contributed by atoms with E-state index < -0.39 is 5.54 Å². The molecule has 0 saturated carbocycles. The maximum atomic E-state index is 11.7. The van der Waals surface area contributed by atoms with Gasteiger partial charge in [-0.1, -0.05) is 0 Å². The van der Waals surface area contributed by atoms with Gasteiger partial charge in [-0.2, -0.15) is 0 Å². The van der Waals surface area contributed by atoms with Gasteiger partial charge in [0.05, 0.1) is 13.2 Å². The molecule has 0 aliphatic carbocycles. The van der Waals surface area contributed by atoms with E-state index in [0.29, 0.717) is 26.1 Å². The molecule has 2 atom stereocenters. The van der Waals surface area contributed by atoms with E-state index in [1.807, 2.05) is 0 Å². The van der Waals surface area contributed by atoms with E-state index >= 15 is 0 Å². The Balaban J connectivity index is 1.87. The molecule has 6 heteroatoms. The number of morpholine rings is 1. The molecule has 82 valence electrons. The second-order valence-electron chi connectivity index (χ2n) is 4.50. The fraction of sp³-hybridized carbons (Fsp3) is 0.778. The molecule has 3 N–H and O–H groups in total. The summed E-state index contributed by atoms with van der Waals surface area (Å²) in [4.78, 5) is 22.9. The third-order valence-electron chi connectivity index (χ3n) is 3.31. The number of carbonyl (C=O) groups excluding carboxylic acids is 2. The minimum absolute atomic E-state index is 0.168. The maximum absolute atomic E-state index is 11.7. The van der Waals surface area contributed by atoms with Gasteiger partial charge in [-0.15, -0.1) is 0 Å². The van der Waals surface area contributed by atoms with Gasteiger partial charge in [0.1, 0.15) is 5.54 Å². The zero-order valence-electron chi connectivity index (χ0n) is 8.21. The van der Waals surface area contributed by atoms with Crippen LogP contribution in [0.1, 0.15) is 12.8 Å². The van der Waals surface area contributed by atoms with E-state index in [0.717, 1.165) is 0 Å². The summed E-state index contributed by atoms with van der Waals surface area (Å²) in [5.74, 6) is -0.189. The van der Waals surface area contributed by atoms with E-state index in [1.165, 1.54) is 0 Å². The molecule has 6 nitrogen and oxygen atoms in total. The van der Waals surface area contributed by atoms with Crippen molar-refractivity contribution >= 4 is 11.9 Å². The van der Waals surface area contributed by atoms with Gasteiger partial charge in [0, 0.05) is 12.1 Å². The number of carbonyl (C=O) groups is 2. The number of hydrogen-bond acceptors (Lipinski definition) is 4. The second-order valence-corrected chi connectivity index (χ2v) is 4.50. The zero-order chi connectivity index (χ0) is 10.5. The van der Waals surface area contributed by atoms with Crippen molar-refractivity contribution < 1.29 is 14.3 Å². The van der Waals surface area contributed by atoms with Crippen molar-refractivity contribution in [3.63, 3.8) is 0 Å². The molecule has 15 heavy (non-hydrogen) atoms. The van der Waals surface area contributed by atoms with Gasteiger partial charge >= 0.3 is 6.03 Å². The Morgan fingerprint density at radius 2 is 1.87 bits per heavy atom. The number of urea groups is 1. The number of ether oxygens (including phenoxy) is 1. The summed E-state index contributed by atoms with van der Waals surface area (Å²) < 4.78 is 5.39. The molecule has 3 saturated heterocycles. The Kier molecular flexibility index (Phi) is 1.78. The van der Waals surface area contributed by atoms with Crippen molar-refractivity contribution in [1.29, 1.82) is 0 Å². The predicted molar refractivity (Wildman–Crippen MR) is 50.2 cm³/mol. The van der Waals surface area contributed by atoms with Gasteiger partial charge in [-0.25, -0.2) is 4.79 Å². The molecule has 2 unspecified atom stereocenters. The average Bonchev–Trinajstić information content (AvgIpc) is 2.40. The van der Waals surface area contributed by atoms with Crippen LogP contribution in [0.2, 0.25) is 0 Å². The predicted octanol–water partition coefficient (Wildman–Crippen LogP) is -1.28. The van der Waals surface area contributed by atoms with Crippen molar-refractivity contribution in [2.75, 3.05) is 13.2 Å². The lowest BCUT2D eigenvalue weighted by atomic mass is 9.80. The highest BCUT2D eigenvalue weighted by Gasteiger charge is 2.52. The molecule has 3 amide bonds. The number of hydrogen-bond donors (Lipinski definition) is 3. The lowest BCUT2D eigenvalue weighted by molar-refractivity contribution is -0.127. The summed E-state index contributed by atoms with van der Waals surface area (Å²) >= 11 is 0. The van der Waals surface area contributed by atoms with E-state index in [-0.39, 0.29) is 24.0 Å². The number of imide groups is 1. The number of nitrogens with one attached hydrogen (secondary N) is 3. The first-order valence-corrected chi connectivity index (χ1v) is 5.15. The first-order chi connectivity index (χ1) is 7.18. The first-order valence-electron chi connectivity index (χ1n) is 5.15. The largest absolute Gasteiger partial charge is 0.378 e. The van der Waals surface area contributed by atoms with E-state index in [1.54, 1.807) is 0 Å². The second kappa shape index (κ2) is 2.93. The lowest BCUT2D eigenvalue weighted by Crippen LogP contribution is -2.65. The molecule has 3 fully saturated rings. The van der Waals surface area contributed by atoms with Crippen LogP contribution >= 0.6 is 0 Å². The van der Waals surface area contributed by atoms with Crippen LogP contribution in [0.15, 0.2) is 0 Å². The Bertz CT molecular complexity index is 319. The highest BCUT2D eigenvalue weighted by molar-refractivity contribution is 6.07. The van der Waals surface area contributed by atoms with Crippen molar-refractivity contribution in [3.8, 4) is 0 Å². The highest BCUT2D eigenvalue weighted by Crippen LogP contribution is 2.30. The van der Waals surface area contributed by atoms with Gasteiger partial charge in [-0.05, 0) is 12.8 Å². The Hall–Kier alpha value is -1.14. The quantitative estimate of drug-likeness (QED) is 0.436. The normalized spacial score (nSPS) is 44.0. The summed E-state index contributed by atoms with van der Waals surface area (Å²) in [7, 11) is 0. The minimum atomic E-state index is -0.693. The SMILES string of the molecule is O=C1NC(=O)C2(CC3COCC(C2)N3)N1. The standard InChI is InChI=1S/C9H13N3O3/c13-7-9(12-8(14)11-7)1-5-3-15-4-6(2-9)10-5/h5-6,10H,1-4H2,(H2,11,12,13,14). The molecule has 3 heterocycles. The molecule has 0 radical (unpaired) electrons. The van der Waals surface area contributed by atoms with Crippen molar-refractivity contribution in [1.82, 2.24) is 16.0 Å². The molecule has 2 bridgehead atoms. The summed E-state index contributed by atoms with van der Waals surface area (Å²) in [5.41, 5.74) is -0.693. The van der Waals surface area contributed by atoms with E-state index in [2.05, 4.69) is 16.0 Å². The Morgan fingerprint density at radius 3 is 2.40 bits per heavy atom. The number of rotatable bonds is 0. The van der Waals surface area contributed by atoms with Crippen LogP contribution in [0, 0.1) is 0 Å². The fourth-order valence-corrected chi connectivity index (χ4v) is 2.76. The van der Waals surface area contributed by atoms with Crippen molar-refractivity contribution in [2.45, 2.75) is 30.5 Å². The highest BCUT2D eigenvalue weighted by atomic mass is 16.5. The monoisotopic (exact) mass is 211 g/mol. The van der Waals surface area contributed by atoms with Crippen LogP contribution < -0.4 is 16.0 Å². The lowest BCUT2D eigenvalue weighted by Gasteiger charge is -2.44. The van der Waals surface area contributed by atoms with Crippen LogP contribution in [0.3, 0.4) is 0 Å². The summed E-state index contributed by atoms with van der Waals surface area (Å²) in [5, 5.41) is 8.44. The van der Waals surface area contributed by atoms with E-state index in [9.17, 15) is 9.59 Å². The number of piperidine rings is 1. The molecule has 3 aliphatic heterocycles. The van der Waals surface area contributed by atoms with Crippen LogP contribution in [0.25, 0.3) is 0 Å². The smallest absolute Gasteiger partial charge is 0.322 e. The molecule has 3 rings (SSSR count).